The Balaban J connectivity index is 2.10. The largest absolute Gasteiger partial charge is 0.394 e. The predicted molar refractivity (Wildman–Crippen MR) is 86.8 cm³/mol. The number of hydrogen-bond acceptors (Lipinski definition) is 4. The standard InChI is InChI=1S/C17H28N2O2/c1-13(2)9-18-10-15-8-14(3)4-5-17(15)19-6-7-21-16(11-19)12-20/h4-5,8,13,16,18,20H,6-7,9-12H2,1-3H3. The molecule has 0 saturated carbocycles. The van der Waals surface area contributed by atoms with Crippen LogP contribution in [0.4, 0.5) is 5.69 Å². The lowest BCUT2D eigenvalue weighted by atomic mass is 10.1. The van der Waals surface area contributed by atoms with Gasteiger partial charge in [0.15, 0.2) is 0 Å². The van der Waals surface area contributed by atoms with Crippen LogP contribution in [0.3, 0.4) is 0 Å². The molecule has 2 rings (SSSR count). The van der Waals surface area contributed by atoms with Gasteiger partial charge in [-0.1, -0.05) is 31.5 Å². The number of rotatable bonds is 6. The number of benzene rings is 1. The molecule has 1 aromatic carbocycles. The van der Waals surface area contributed by atoms with Crippen LogP contribution in [0.2, 0.25) is 0 Å². The van der Waals surface area contributed by atoms with Gasteiger partial charge in [-0.15, -0.1) is 0 Å². The molecule has 4 nitrogen and oxygen atoms in total. The number of aliphatic hydroxyl groups is 1. The second kappa shape index (κ2) is 7.78. The van der Waals surface area contributed by atoms with E-state index in [0.29, 0.717) is 12.5 Å². The number of ether oxygens (including phenoxy) is 1. The molecule has 1 aliphatic heterocycles. The van der Waals surface area contributed by atoms with Crippen LogP contribution in [0.1, 0.15) is 25.0 Å². The number of nitrogens with zero attached hydrogens (tertiary/aromatic N) is 1. The van der Waals surface area contributed by atoms with Gasteiger partial charge < -0.3 is 20.1 Å². The highest BCUT2D eigenvalue weighted by Gasteiger charge is 2.21. The van der Waals surface area contributed by atoms with E-state index in [9.17, 15) is 5.11 Å². The van der Waals surface area contributed by atoms with Gasteiger partial charge in [-0.05, 0) is 31.0 Å². The number of morpholine rings is 1. The van der Waals surface area contributed by atoms with Crippen molar-refractivity contribution >= 4 is 5.69 Å². The molecule has 21 heavy (non-hydrogen) atoms. The minimum absolute atomic E-state index is 0.0727. The summed E-state index contributed by atoms with van der Waals surface area (Å²) < 4.78 is 5.55. The Labute approximate surface area is 128 Å². The summed E-state index contributed by atoms with van der Waals surface area (Å²) in [4.78, 5) is 2.33. The molecule has 0 radical (unpaired) electrons. The number of anilines is 1. The monoisotopic (exact) mass is 292 g/mol. The van der Waals surface area contributed by atoms with Gasteiger partial charge >= 0.3 is 0 Å². The van der Waals surface area contributed by atoms with Gasteiger partial charge in [0, 0.05) is 25.3 Å². The molecule has 0 aliphatic carbocycles. The van der Waals surface area contributed by atoms with E-state index in [-0.39, 0.29) is 12.7 Å². The maximum Gasteiger partial charge on any atom is 0.0980 e. The average molecular weight is 292 g/mol. The lowest BCUT2D eigenvalue weighted by Crippen LogP contribution is -2.44. The zero-order valence-corrected chi connectivity index (χ0v) is 13.4. The normalized spacial score (nSPS) is 19.3. The molecule has 4 heteroatoms. The lowest BCUT2D eigenvalue weighted by Gasteiger charge is -2.35. The Morgan fingerprint density at radius 2 is 2.24 bits per heavy atom. The highest BCUT2D eigenvalue weighted by molar-refractivity contribution is 5.55. The van der Waals surface area contributed by atoms with Crippen molar-refractivity contribution in [3.8, 4) is 0 Å². The summed E-state index contributed by atoms with van der Waals surface area (Å²) in [5.41, 5.74) is 3.87. The van der Waals surface area contributed by atoms with Gasteiger partial charge in [0.1, 0.15) is 0 Å². The van der Waals surface area contributed by atoms with Crippen LogP contribution < -0.4 is 10.2 Å². The van der Waals surface area contributed by atoms with Crippen molar-refractivity contribution < 1.29 is 9.84 Å². The Bertz CT molecular complexity index is 448. The zero-order chi connectivity index (χ0) is 15.2. The van der Waals surface area contributed by atoms with Crippen molar-refractivity contribution in [2.45, 2.75) is 33.4 Å². The summed E-state index contributed by atoms with van der Waals surface area (Å²) in [6, 6.07) is 6.61. The van der Waals surface area contributed by atoms with E-state index in [1.54, 1.807) is 0 Å². The zero-order valence-electron chi connectivity index (χ0n) is 13.4. The Morgan fingerprint density at radius 3 is 2.95 bits per heavy atom. The number of nitrogens with one attached hydrogen (secondary N) is 1. The van der Waals surface area contributed by atoms with Crippen molar-refractivity contribution in [3.05, 3.63) is 29.3 Å². The SMILES string of the molecule is Cc1ccc(N2CCOC(CO)C2)c(CNCC(C)C)c1. The minimum atomic E-state index is -0.0727. The van der Waals surface area contributed by atoms with Gasteiger partial charge in [-0.3, -0.25) is 0 Å². The summed E-state index contributed by atoms with van der Waals surface area (Å²) in [5.74, 6) is 0.653. The van der Waals surface area contributed by atoms with Crippen molar-refractivity contribution in [2.75, 3.05) is 37.7 Å². The second-order valence-corrected chi connectivity index (χ2v) is 6.28. The van der Waals surface area contributed by atoms with Gasteiger partial charge in [0.2, 0.25) is 0 Å². The van der Waals surface area contributed by atoms with E-state index in [0.717, 1.165) is 26.2 Å². The van der Waals surface area contributed by atoms with Gasteiger partial charge in [-0.25, -0.2) is 0 Å². The van der Waals surface area contributed by atoms with Crippen LogP contribution in [0.15, 0.2) is 18.2 Å². The predicted octanol–water partition coefficient (Wildman–Crippen LogP) is 1.94. The van der Waals surface area contributed by atoms with Crippen molar-refractivity contribution in [1.29, 1.82) is 0 Å². The average Bonchev–Trinajstić information content (AvgIpc) is 2.47. The molecule has 1 unspecified atom stereocenters. The van der Waals surface area contributed by atoms with E-state index < -0.39 is 0 Å². The molecule has 1 saturated heterocycles. The fraction of sp³-hybridized carbons (Fsp3) is 0.647. The van der Waals surface area contributed by atoms with E-state index in [4.69, 9.17) is 4.74 Å². The molecular weight excluding hydrogens is 264 g/mol. The first-order chi connectivity index (χ1) is 10.1. The van der Waals surface area contributed by atoms with E-state index in [2.05, 4.69) is 49.2 Å². The minimum Gasteiger partial charge on any atom is -0.394 e. The van der Waals surface area contributed by atoms with Crippen molar-refractivity contribution in [1.82, 2.24) is 5.32 Å². The van der Waals surface area contributed by atoms with Crippen LogP contribution in [0.5, 0.6) is 0 Å². The number of aliphatic hydroxyl groups excluding tert-OH is 1. The lowest BCUT2D eigenvalue weighted by molar-refractivity contribution is 0.00352. The molecule has 118 valence electrons. The maximum absolute atomic E-state index is 9.31. The smallest absolute Gasteiger partial charge is 0.0980 e. The molecule has 0 amide bonds. The molecule has 2 N–H and O–H groups in total. The molecule has 0 spiro atoms. The molecule has 1 fully saturated rings. The first kappa shape index (κ1) is 16.3. The van der Waals surface area contributed by atoms with Crippen LogP contribution in [-0.2, 0) is 11.3 Å². The number of hydrogen-bond donors (Lipinski definition) is 2. The summed E-state index contributed by atoms with van der Waals surface area (Å²) in [7, 11) is 0. The fourth-order valence-electron chi connectivity index (χ4n) is 2.71. The highest BCUT2D eigenvalue weighted by atomic mass is 16.5. The third-order valence-corrected chi connectivity index (χ3v) is 3.79. The van der Waals surface area contributed by atoms with Gasteiger partial charge in [0.05, 0.1) is 19.3 Å². The van der Waals surface area contributed by atoms with Crippen LogP contribution >= 0.6 is 0 Å². The topological polar surface area (TPSA) is 44.7 Å². The van der Waals surface area contributed by atoms with Gasteiger partial charge in [0.25, 0.3) is 0 Å². The van der Waals surface area contributed by atoms with Crippen molar-refractivity contribution in [2.24, 2.45) is 5.92 Å². The summed E-state index contributed by atoms with van der Waals surface area (Å²) in [5, 5.41) is 12.8. The van der Waals surface area contributed by atoms with Crippen LogP contribution in [0.25, 0.3) is 0 Å². The molecule has 1 aromatic rings. The summed E-state index contributed by atoms with van der Waals surface area (Å²) in [6.07, 6.45) is -0.0727. The Kier molecular flexibility index (Phi) is 6.03. The highest BCUT2D eigenvalue weighted by Crippen LogP contribution is 2.24. The third-order valence-electron chi connectivity index (χ3n) is 3.79. The van der Waals surface area contributed by atoms with E-state index in [1.165, 1.54) is 16.8 Å². The Morgan fingerprint density at radius 1 is 1.43 bits per heavy atom. The molecule has 0 aromatic heterocycles. The molecule has 1 atom stereocenters. The quantitative estimate of drug-likeness (QED) is 0.841. The second-order valence-electron chi connectivity index (χ2n) is 6.28. The molecule has 1 heterocycles. The number of aryl methyl sites for hydroxylation is 1. The van der Waals surface area contributed by atoms with Gasteiger partial charge in [-0.2, -0.15) is 0 Å². The van der Waals surface area contributed by atoms with Crippen LogP contribution in [0, 0.1) is 12.8 Å². The first-order valence-electron chi connectivity index (χ1n) is 7.87. The van der Waals surface area contributed by atoms with Crippen molar-refractivity contribution in [3.63, 3.8) is 0 Å². The van der Waals surface area contributed by atoms with E-state index >= 15 is 0 Å². The molecule has 1 aliphatic rings. The molecule has 0 bridgehead atoms. The first-order valence-corrected chi connectivity index (χ1v) is 7.87. The van der Waals surface area contributed by atoms with E-state index in [1.807, 2.05) is 0 Å². The third kappa shape index (κ3) is 4.70. The summed E-state index contributed by atoms with van der Waals surface area (Å²) in [6.45, 7) is 10.9. The van der Waals surface area contributed by atoms with Crippen LogP contribution in [-0.4, -0.2) is 44.1 Å². The molecular formula is C17H28N2O2. The summed E-state index contributed by atoms with van der Waals surface area (Å²) >= 11 is 0. The Hall–Kier alpha value is -1.10. The maximum atomic E-state index is 9.31. The fourth-order valence-corrected chi connectivity index (χ4v) is 2.71.